The highest BCUT2D eigenvalue weighted by atomic mass is 35.5. The van der Waals surface area contributed by atoms with Crippen LogP contribution in [-0.2, 0) is 27.3 Å². The van der Waals surface area contributed by atoms with Gasteiger partial charge in [0.25, 0.3) is 11.1 Å². The highest BCUT2D eigenvalue weighted by Gasteiger charge is 2.21. The molecule has 0 atom stereocenters. The number of hydrogen-bond acceptors (Lipinski definition) is 7. The summed E-state index contributed by atoms with van der Waals surface area (Å²) in [5.74, 6) is -0.413. The van der Waals surface area contributed by atoms with E-state index in [9.17, 15) is 9.59 Å². The number of thioether (sulfide) groups is 1. The number of carbonyl (C=O) groups excluding carboxylic acids is 2. The Balaban J connectivity index is 1.23. The molecule has 0 saturated carbocycles. The summed E-state index contributed by atoms with van der Waals surface area (Å²) in [6, 6.07) is 15.0. The molecule has 1 aliphatic heterocycles. The lowest BCUT2D eigenvalue weighted by molar-refractivity contribution is -0.150. The summed E-state index contributed by atoms with van der Waals surface area (Å²) < 4.78 is 10.6. The van der Waals surface area contributed by atoms with Gasteiger partial charge in [0.2, 0.25) is 5.89 Å². The fraction of sp³-hybridized carbons (Fsp3) is 0.238. The van der Waals surface area contributed by atoms with Crippen LogP contribution in [0.3, 0.4) is 0 Å². The fourth-order valence-corrected chi connectivity index (χ4v) is 3.77. The van der Waals surface area contributed by atoms with Crippen molar-refractivity contribution in [2.75, 3.05) is 18.9 Å². The number of ether oxygens (including phenoxy) is 1. The number of aromatic nitrogens is 2. The van der Waals surface area contributed by atoms with Crippen molar-refractivity contribution >= 4 is 35.2 Å². The largest absolute Gasteiger partial charge is 0.455 e. The van der Waals surface area contributed by atoms with Gasteiger partial charge in [-0.1, -0.05) is 47.6 Å². The SMILES string of the molecule is O=C(CSc1nnc(-c2ccc(Cl)cc2)o1)OCC(=O)N1CCc2ccccc2C1. The average Bonchev–Trinajstić information content (AvgIpc) is 3.25. The van der Waals surface area contributed by atoms with Gasteiger partial charge in [-0.25, -0.2) is 0 Å². The monoisotopic (exact) mass is 443 g/mol. The molecule has 0 N–H and O–H groups in total. The molecule has 7 nitrogen and oxygen atoms in total. The fourth-order valence-electron chi connectivity index (χ4n) is 3.08. The van der Waals surface area contributed by atoms with Crippen LogP contribution in [-0.4, -0.2) is 45.9 Å². The van der Waals surface area contributed by atoms with Crippen LogP contribution in [0.2, 0.25) is 5.02 Å². The van der Waals surface area contributed by atoms with Gasteiger partial charge >= 0.3 is 5.97 Å². The molecule has 154 valence electrons. The second kappa shape index (κ2) is 9.32. The Bertz CT molecular complexity index is 1050. The third kappa shape index (κ3) is 5.01. The van der Waals surface area contributed by atoms with Crippen LogP contribution >= 0.6 is 23.4 Å². The van der Waals surface area contributed by atoms with E-state index >= 15 is 0 Å². The van der Waals surface area contributed by atoms with Crippen molar-refractivity contribution < 1.29 is 18.7 Å². The lowest BCUT2D eigenvalue weighted by Gasteiger charge is -2.28. The molecule has 0 bridgehead atoms. The first-order valence-corrected chi connectivity index (χ1v) is 10.7. The van der Waals surface area contributed by atoms with Crippen LogP contribution < -0.4 is 0 Å². The molecule has 1 aromatic heterocycles. The zero-order valence-electron chi connectivity index (χ0n) is 15.9. The van der Waals surface area contributed by atoms with Crippen LogP contribution in [0.15, 0.2) is 58.2 Å². The minimum absolute atomic E-state index is 0.0294. The number of hydrogen-bond donors (Lipinski definition) is 0. The van der Waals surface area contributed by atoms with Crippen molar-refractivity contribution in [3.8, 4) is 11.5 Å². The Morgan fingerprint density at radius 3 is 2.67 bits per heavy atom. The third-order valence-electron chi connectivity index (χ3n) is 4.65. The Hall–Kier alpha value is -2.84. The lowest BCUT2D eigenvalue weighted by atomic mass is 10.00. The first kappa shape index (κ1) is 20.4. The van der Waals surface area contributed by atoms with Crippen molar-refractivity contribution in [2.45, 2.75) is 18.2 Å². The van der Waals surface area contributed by atoms with E-state index in [1.165, 1.54) is 5.56 Å². The van der Waals surface area contributed by atoms with E-state index in [1.807, 2.05) is 18.2 Å². The molecular formula is C21H18ClN3O4S. The van der Waals surface area contributed by atoms with Gasteiger partial charge in [-0.3, -0.25) is 9.59 Å². The summed E-state index contributed by atoms with van der Waals surface area (Å²) >= 11 is 6.92. The van der Waals surface area contributed by atoms with Gasteiger partial charge in [0, 0.05) is 23.7 Å². The number of nitrogens with zero attached hydrogens (tertiary/aromatic N) is 3. The first-order valence-electron chi connectivity index (χ1n) is 9.31. The molecule has 0 spiro atoms. The standard InChI is InChI=1S/C21H18ClN3O4S/c22-17-7-5-15(6-8-17)20-23-24-21(29-20)30-13-19(27)28-12-18(26)25-10-9-14-3-1-2-4-16(14)11-25/h1-8H,9-13H2. The number of halogens is 1. The van der Waals surface area contributed by atoms with Crippen molar-refractivity contribution in [2.24, 2.45) is 0 Å². The Morgan fingerprint density at radius 1 is 1.10 bits per heavy atom. The molecule has 2 heterocycles. The summed E-state index contributed by atoms with van der Waals surface area (Å²) in [5.41, 5.74) is 3.12. The molecule has 1 amide bonds. The predicted octanol–water partition coefficient (Wildman–Crippen LogP) is 3.61. The van der Waals surface area contributed by atoms with E-state index < -0.39 is 5.97 Å². The lowest BCUT2D eigenvalue weighted by Crippen LogP contribution is -2.38. The molecule has 30 heavy (non-hydrogen) atoms. The topological polar surface area (TPSA) is 85.5 Å². The van der Waals surface area contributed by atoms with Crippen molar-refractivity contribution in [3.63, 3.8) is 0 Å². The van der Waals surface area contributed by atoms with Crippen LogP contribution in [0.1, 0.15) is 11.1 Å². The Morgan fingerprint density at radius 2 is 1.87 bits per heavy atom. The minimum Gasteiger partial charge on any atom is -0.455 e. The summed E-state index contributed by atoms with van der Waals surface area (Å²) in [4.78, 5) is 26.1. The summed E-state index contributed by atoms with van der Waals surface area (Å²) in [7, 11) is 0. The average molecular weight is 444 g/mol. The molecule has 0 aliphatic carbocycles. The van der Waals surface area contributed by atoms with Gasteiger partial charge < -0.3 is 14.1 Å². The van der Waals surface area contributed by atoms with Gasteiger partial charge in [0.05, 0.1) is 0 Å². The normalized spacial score (nSPS) is 13.0. The summed E-state index contributed by atoms with van der Waals surface area (Å²) in [6.45, 7) is 0.885. The van der Waals surface area contributed by atoms with E-state index in [0.717, 1.165) is 29.3 Å². The number of amides is 1. The van der Waals surface area contributed by atoms with Gasteiger partial charge in [0.1, 0.15) is 5.75 Å². The molecule has 0 fully saturated rings. The molecule has 4 rings (SSSR count). The molecule has 0 unspecified atom stereocenters. The van der Waals surface area contributed by atoms with Crippen LogP contribution in [0.4, 0.5) is 0 Å². The van der Waals surface area contributed by atoms with Gasteiger partial charge in [-0.15, -0.1) is 10.2 Å². The second-order valence-electron chi connectivity index (χ2n) is 6.66. The molecule has 0 radical (unpaired) electrons. The quantitative estimate of drug-likeness (QED) is 0.425. The first-order chi connectivity index (χ1) is 14.6. The Labute approximate surface area is 182 Å². The van der Waals surface area contributed by atoms with E-state index in [-0.39, 0.29) is 23.5 Å². The molecule has 9 heteroatoms. The maximum Gasteiger partial charge on any atom is 0.316 e. The minimum atomic E-state index is -0.517. The number of carbonyl (C=O) groups is 2. The molecule has 0 saturated heterocycles. The van der Waals surface area contributed by atoms with E-state index in [1.54, 1.807) is 29.2 Å². The van der Waals surface area contributed by atoms with Gasteiger partial charge in [-0.2, -0.15) is 0 Å². The zero-order chi connectivity index (χ0) is 20.9. The second-order valence-corrected chi connectivity index (χ2v) is 8.03. The number of rotatable bonds is 6. The molecular weight excluding hydrogens is 426 g/mol. The maximum absolute atomic E-state index is 12.4. The van der Waals surface area contributed by atoms with Gasteiger partial charge in [0.15, 0.2) is 6.61 Å². The predicted molar refractivity (Wildman–Crippen MR) is 112 cm³/mol. The Kier molecular flexibility index (Phi) is 6.35. The van der Waals surface area contributed by atoms with Crippen LogP contribution in [0, 0.1) is 0 Å². The van der Waals surface area contributed by atoms with E-state index in [0.29, 0.717) is 24.0 Å². The number of benzene rings is 2. The molecule has 1 aliphatic rings. The summed E-state index contributed by atoms with van der Waals surface area (Å²) in [6.07, 6.45) is 0.804. The zero-order valence-corrected chi connectivity index (χ0v) is 17.5. The highest BCUT2D eigenvalue weighted by molar-refractivity contribution is 7.99. The number of fused-ring (bicyclic) bond motifs is 1. The maximum atomic E-state index is 12.4. The number of esters is 1. The molecule has 3 aromatic rings. The van der Waals surface area contributed by atoms with E-state index in [2.05, 4.69) is 16.3 Å². The van der Waals surface area contributed by atoms with Crippen LogP contribution in [0.5, 0.6) is 0 Å². The summed E-state index contributed by atoms with van der Waals surface area (Å²) in [5, 5.41) is 8.72. The smallest absolute Gasteiger partial charge is 0.316 e. The third-order valence-corrected chi connectivity index (χ3v) is 5.70. The van der Waals surface area contributed by atoms with Crippen molar-refractivity contribution in [1.29, 1.82) is 0 Å². The van der Waals surface area contributed by atoms with E-state index in [4.69, 9.17) is 20.8 Å². The van der Waals surface area contributed by atoms with Crippen molar-refractivity contribution in [1.82, 2.24) is 15.1 Å². The van der Waals surface area contributed by atoms with Gasteiger partial charge in [-0.05, 0) is 41.8 Å². The molecule has 2 aromatic carbocycles. The highest BCUT2D eigenvalue weighted by Crippen LogP contribution is 2.24. The van der Waals surface area contributed by atoms with Crippen molar-refractivity contribution in [3.05, 3.63) is 64.7 Å². The van der Waals surface area contributed by atoms with Crippen LogP contribution in [0.25, 0.3) is 11.5 Å².